The largest absolute Gasteiger partial charge is 0.292 e. The lowest BCUT2D eigenvalue weighted by atomic mass is 10.1. The Labute approximate surface area is 108 Å². The van der Waals surface area contributed by atoms with E-state index < -0.39 is 0 Å². The molecule has 0 unspecified atom stereocenters. The van der Waals surface area contributed by atoms with Gasteiger partial charge in [-0.05, 0) is 11.6 Å². The first kappa shape index (κ1) is 12.8. The fourth-order valence-corrected chi connectivity index (χ4v) is 1.83. The molecule has 7 heteroatoms. The van der Waals surface area contributed by atoms with Crippen LogP contribution in [0.15, 0.2) is 29.4 Å². The van der Waals surface area contributed by atoms with Gasteiger partial charge in [-0.3, -0.25) is 19.3 Å². The molecule has 1 aromatic rings. The van der Waals surface area contributed by atoms with Crippen LogP contribution >= 0.6 is 0 Å². The van der Waals surface area contributed by atoms with Crippen LogP contribution in [-0.4, -0.2) is 29.0 Å². The molecule has 0 aliphatic carbocycles. The highest BCUT2D eigenvalue weighted by molar-refractivity contribution is 6.08. The van der Waals surface area contributed by atoms with E-state index in [0.29, 0.717) is 11.3 Å². The Hall–Kier alpha value is -2.66. The van der Waals surface area contributed by atoms with Crippen molar-refractivity contribution >= 4 is 23.3 Å². The molecule has 96 valence electrons. The molecule has 1 aliphatic rings. The zero-order valence-electron chi connectivity index (χ0n) is 9.94. The van der Waals surface area contributed by atoms with Gasteiger partial charge in [0.05, 0.1) is 6.54 Å². The quantitative estimate of drug-likeness (QED) is 0.271. The number of Topliss-reactive ketones (excluding diaryl/α,β-unsaturated/α-hetero) is 1. The highest BCUT2D eigenvalue weighted by atomic mass is 16.2. The van der Waals surface area contributed by atoms with Crippen molar-refractivity contribution in [3.05, 3.63) is 40.3 Å². The fourth-order valence-electron chi connectivity index (χ4n) is 1.83. The highest BCUT2D eigenvalue weighted by Gasteiger charge is 2.30. The van der Waals surface area contributed by atoms with Crippen molar-refractivity contribution in [1.29, 1.82) is 0 Å². The minimum absolute atomic E-state index is 0.158. The summed E-state index contributed by atoms with van der Waals surface area (Å²) in [6.45, 7) is -0.266. The Morgan fingerprint density at radius 1 is 1.32 bits per heavy atom. The van der Waals surface area contributed by atoms with E-state index in [4.69, 9.17) is 5.53 Å². The SMILES string of the molecule is [N-]=[N+]=Nc1cccc(C(=O)CN2C(=O)CCC2=O)c1. The third-order valence-corrected chi connectivity index (χ3v) is 2.78. The lowest BCUT2D eigenvalue weighted by Gasteiger charge is -2.12. The summed E-state index contributed by atoms with van der Waals surface area (Å²) in [6.07, 6.45) is 0.315. The Morgan fingerprint density at radius 2 is 2.00 bits per heavy atom. The Balaban J connectivity index is 2.16. The predicted octanol–water partition coefficient (Wildman–Crippen LogP) is 1.96. The average molecular weight is 258 g/mol. The van der Waals surface area contributed by atoms with Gasteiger partial charge in [0.2, 0.25) is 11.8 Å². The molecule has 1 heterocycles. The summed E-state index contributed by atoms with van der Waals surface area (Å²) in [4.78, 5) is 38.4. The fraction of sp³-hybridized carbons (Fsp3) is 0.250. The molecule has 0 spiro atoms. The van der Waals surface area contributed by atoms with Crippen molar-refractivity contribution in [2.45, 2.75) is 12.8 Å². The number of amides is 2. The van der Waals surface area contributed by atoms with Gasteiger partial charge in [-0.15, -0.1) is 0 Å². The van der Waals surface area contributed by atoms with Gasteiger partial charge < -0.3 is 0 Å². The molecule has 1 saturated heterocycles. The molecule has 2 amide bonds. The minimum atomic E-state index is -0.362. The molecule has 1 aromatic carbocycles. The smallest absolute Gasteiger partial charge is 0.230 e. The van der Waals surface area contributed by atoms with Crippen LogP contribution in [0.5, 0.6) is 0 Å². The second-order valence-electron chi connectivity index (χ2n) is 4.04. The number of rotatable bonds is 4. The number of carbonyl (C=O) groups is 3. The topological polar surface area (TPSA) is 103 Å². The molecule has 1 aliphatic heterocycles. The molecule has 2 rings (SSSR count). The van der Waals surface area contributed by atoms with Crippen LogP contribution < -0.4 is 0 Å². The van der Waals surface area contributed by atoms with Gasteiger partial charge in [0.1, 0.15) is 0 Å². The number of nitrogens with zero attached hydrogens (tertiary/aromatic N) is 4. The van der Waals surface area contributed by atoms with Crippen LogP contribution in [0, 0.1) is 0 Å². The molecular weight excluding hydrogens is 248 g/mol. The molecule has 0 radical (unpaired) electrons. The van der Waals surface area contributed by atoms with Gasteiger partial charge in [-0.25, -0.2) is 0 Å². The number of hydrogen-bond acceptors (Lipinski definition) is 4. The van der Waals surface area contributed by atoms with E-state index in [1.807, 2.05) is 0 Å². The van der Waals surface area contributed by atoms with E-state index in [0.717, 1.165) is 4.90 Å². The number of ketones is 1. The van der Waals surface area contributed by atoms with Crippen LogP contribution in [0.3, 0.4) is 0 Å². The number of azide groups is 1. The summed E-state index contributed by atoms with van der Waals surface area (Å²) in [7, 11) is 0. The van der Waals surface area contributed by atoms with E-state index in [9.17, 15) is 14.4 Å². The van der Waals surface area contributed by atoms with Crippen molar-refractivity contribution in [3.8, 4) is 0 Å². The van der Waals surface area contributed by atoms with Crippen LogP contribution in [0.4, 0.5) is 5.69 Å². The summed E-state index contributed by atoms with van der Waals surface area (Å²) < 4.78 is 0. The lowest BCUT2D eigenvalue weighted by molar-refractivity contribution is -0.137. The van der Waals surface area contributed by atoms with Gasteiger partial charge in [0.15, 0.2) is 5.78 Å². The lowest BCUT2D eigenvalue weighted by Crippen LogP contribution is -2.34. The molecule has 0 aromatic heterocycles. The van der Waals surface area contributed by atoms with Gasteiger partial charge >= 0.3 is 0 Å². The molecule has 0 N–H and O–H groups in total. The zero-order valence-corrected chi connectivity index (χ0v) is 9.94. The van der Waals surface area contributed by atoms with Gasteiger partial charge in [0, 0.05) is 29.0 Å². The van der Waals surface area contributed by atoms with Crippen LogP contribution in [-0.2, 0) is 9.59 Å². The summed E-state index contributed by atoms with van der Waals surface area (Å²) >= 11 is 0. The third-order valence-electron chi connectivity index (χ3n) is 2.78. The number of benzene rings is 1. The molecule has 0 saturated carbocycles. The molecule has 1 fully saturated rings. The van der Waals surface area contributed by atoms with Gasteiger partial charge in [-0.1, -0.05) is 23.3 Å². The van der Waals surface area contributed by atoms with Crippen LogP contribution in [0.25, 0.3) is 10.4 Å². The summed E-state index contributed by atoms with van der Waals surface area (Å²) in [5.41, 5.74) is 8.94. The Bertz CT molecular complexity index is 589. The molecule has 19 heavy (non-hydrogen) atoms. The summed E-state index contributed by atoms with van der Waals surface area (Å²) in [5.74, 6) is -1.02. The Kier molecular flexibility index (Phi) is 3.58. The Morgan fingerprint density at radius 3 is 2.63 bits per heavy atom. The third kappa shape index (κ3) is 2.78. The first-order valence-corrected chi connectivity index (χ1v) is 5.63. The first-order chi connectivity index (χ1) is 9.11. The maximum Gasteiger partial charge on any atom is 0.230 e. The van der Waals surface area contributed by atoms with Crippen LogP contribution in [0.2, 0.25) is 0 Å². The van der Waals surface area contributed by atoms with Crippen molar-refractivity contribution < 1.29 is 14.4 Å². The molecule has 0 bridgehead atoms. The van der Waals surface area contributed by atoms with E-state index in [2.05, 4.69) is 10.0 Å². The van der Waals surface area contributed by atoms with E-state index in [1.165, 1.54) is 6.07 Å². The second kappa shape index (κ2) is 5.32. The van der Waals surface area contributed by atoms with Crippen molar-refractivity contribution in [3.63, 3.8) is 0 Å². The number of likely N-dealkylation sites (tertiary alicyclic amines) is 1. The monoisotopic (exact) mass is 258 g/mol. The predicted molar refractivity (Wildman–Crippen MR) is 65.5 cm³/mol. The summed E-state index contributed by atoms with van der Waals surface area (Å²) in [5, 5.41) is 3.39. The number of hydrogen-bond donors (Lipinski definition) is 0. The first-order valence-electron chi connectivity index (χ1n) is 5.63. The van der Waals surface area contributed by atoms with E-state index in [1.54, 1.807) is 18.2 Å². The molecule has 0 atom stereocenters. The molecule has 7 nitrogen and oxygen atoms in total. The van der Waals surface area contributed by atoms with Gasteiger partial charge in [0.25, 0.3) is 0 Å². The zero-order chi connectivity index (χ0) is 13.8. The standard InChI is InChI=1S/C12H10N4O3/c13-15-14-9-3-1-2-8(6-9)10(17)7-16-11(18)4-5-12(16)19/h1-3,6H,4-5,7H2. The number of carbonyl (C=O) groups excluding carboxylic acids is 3. The van der Waals surface area contributed by atoms with Crippen molar-refractivity contribution in [2.75, 3.05) is 6.54 Å². The van der Waals surface area contributed by atoms with Gasteiger partial charge in [-0.2, -0.15) is 0 Å². The van der Waals surface area contributed by atoms with Crippen LogP contribution in [0.1, 0.15) is 23.2 Å². The van der Waals surface area contributed by atoms with Crippen molar-refractivity contribution in [1.82, 2.24) is 4.90 Å². The maximum atomic E-state index is 12.0. The molecular formula is C12H10N4O3. The van der Waals surface area contributed by atoms with E-state index in [-0.39, 0.29) is 37.0 Å². The minimum Gasteiger partial charge on any atom is -0.292 e. The average Bonchev–Trinajstić information content (AvgIpc) is 2.71. The normalized spacial score (nSPS) is 14.4. The van der Waals surface area contributed by atoms with Crippen molar-refractivity contribution in [2.24, 2.45) is 5.11 Å². The van der Waals surface area contributed by atoms with E-state index >= 15 is 0 Å². The second-order valence-corrected chi connectivity index (χ2v) is 4.04. The number of imide groups is 1. The highest BCUT2D eigenvalue weighted by Crippen LogP contribution is 2.17. The maximum absolute atomic E-state index is 12.0. The summed E-state index contributed by atoms with van der Waals surface area (Å²) in [6, 6.07) is 6.10.